The van der Waals surface area contributed by atoms with Crippen molar-refractivity contribution in [2.75, 3.05) is 0 Å². The van der Waals surface area contributed by atoms with Gasteiger partial charge >= 0.3 is 0 Å². The average molecular weight is 346 g/mol. The van der Waals surface area contributed by atoms with Crippen LogP contribution >= 0.6 is 11.6 Å². The van der Waals surface area contributed by atoms with Gasteiger partial charge in [0.05, 0.1) is 21.2 Å². The van der Waals surface area contributed by atoms with Gasteiger partial charge in [-0.2, -0.15) is 0 Å². The van der Waals surface area contributed by atoms with Crippen LogP contribution in [-0.2, 0) is 15.6 Å². The molecule has 0 saturated heterocycles. The van der Waals surface area contributed by atoms with Gasteiger partial charge in [-0.1, -0.05) is 35.9 Å². The molecule has 0 saturated carbocycles. The number of aromatic nitrogens is 1. The molecule has 1 aromatic heterocycles. The Morgan fingerprint density at radius 2 is 1.87 bits per heavy atom. The molecular weight excluding hydrogens is 334 g/mol. The summed E-state index contributed by atoms with van der Waals surface area (Å²) in [5.74, 6) is -0.207. The predicted octanol–water partition coefficient (Wildman–Crippen LogP) is 3.67. The number of sulfone groups is 1. The highest BCUT2D eigenvalue weighted by atomic mass is 35.5. The van der Waals surface area contributed by atoms with E-state index < -0.39 is 9.84 Å². The van der Waals surface area contributed by atoms with Crippen LogP contribution in [0.15, 0.2) is 59.6 Å². The lowest BCUT2D eigenvalue weighted by Gasteiger charge is -2.08. The number of halogens is 1. The first kappa shape index (κ1) is 15.6. The molecule has 0 radical (unpaired) electrons. The molecule has 0 amide bonds. The maximum absolute atomic E-state index is 12.7. The summed E-state index contributed by atoms with van der Waals surface area (Å²) in [6, 6.07) is 13.2. The number of hydrogen-bond donors (Lipinski definition) is 0. The number of rotatable bonds is 4. The maximum atomic E-state index is 12.7. The van der Waals surface area contributed by atoms with Crippen molar-refractivity contribution in [1.29, 1.82) is 0 Å². The number of nitrogens with zero attached hydrogens (tertiary/aromatic N) is 1. The van der Waals surface area contributed by atoms with Gasteiger partial charge in [0.25, 0.3) is 0 Å². The molecule has 2 aromatic carbocycles. The fourth-order valence-corrected chi connectivity index (χ4v) is 4.15. The van der Waals surface area contributed by atoms with Crippen LogP contribution in [0, 0.1) is 0 Å². The number of benzene rings is 2. The standard InChI is InChI=1S/C17H12ClNO3S/c18-15-9-12(6-7-14(15)10-20)11-23(21,22)16-5-1-3-13-4-2-8-19-17(13)16/h1-10H,11H2. The van der Waals surface area contributed by atoms with Crippen LogP contribution in [0.5, 0.6) is 0 Å². The Morgan fingerprint density at radius 3 is 2.61 bits per heavy atom. The monoisotopic (exact) mass is 345 g/mol. The zero-order valence-electron chi connectivity index (χ0n) is 11.9. The molecule has 116 valence electrons. The Kier molecular flexibility index (Phi) is 4.15. The minimum atomic E-state index is -3.59. The molecule has 0 N–H and O–H groups in total. The molecule has 0 bridgehead atoms. The van der Waals surface area contributed by atoms with Crippen LogP contribution in [0.25, 0.3) is 10.9 Å². The summed E-state index contributed by atoms with van der Waals surface area (Å²) in [6.07, 6.45) is 2.20. The van der Waals surface area contributed by atoms with Crippen LogP contribution in [0.4, 0.5) is 0 Å². The number of aldehydes is 1. The summed E-state index contributed by atoms with van der Waals surface area (Å²) in [7, 11) is -3.59. The summed E-state index contributed by atoms with van der Waals surface area (Å²) in [5, 5.41) is 1.01. The molecule has 1 heterocycles. The second-order valence-electron chi connectivity index (χ2n) is 5.06. The van der Waals surface area contributed by atoms with Crippen LogP contribution in [-0.4, -0.2) is 19.7 Å². The van der Waals surface area contributed by atoms with Crippen molar-refractivity contribution in [3.63, 3.8) is 0 Å². The van der Waals surface area contributed by atoms with E-state index >= 15 is 0 Å². The normalized spacial score (nSPS) is 11.5. The van der Waals surface area contributed by atoms with E-state index in [2.05, 4.69) is 4.98 Å². The molecule has 0 aliphatic heterocycles. The largest absolute Gasteiger partial charge is 0.298 e. The van der Waals surface area contributed by atoms with Crippen molar-refractivity contribution >= 4 is 38.6 Å². The van der Waals surface area contributed by atoms with Gasteiger partial charge in [-0.3, -0.25) is 9.78 Å². The zero-order valence-corrected chi connectivity index (χ0v) is 13.5. The van der Waals surface area contributed by atoms with Gasteiger partial charge in [-0.25, -0.2) is 8.42 Å². The third-order valence-corrected chi connectivity index (χ3v) is 5.52. The van der Waals surface area contributed by atoms with E-state index in [1.54, 1.807) is 30.5 Å². The van der Waals surface area contributed by atoms with Gasteiger partial charge < -0.3 is 0 Å². The molecule has 6 heteroatoms. The third-order valence-electron chi connectivity index (χ3n) is 3.48. The molecule has 0 aliphatic carbocycles. The fourth-order valence-electron chi connectivity index (χ4n) is 2.38. The van der Waals surface area contributed by atoms with Crippen LogP contribution in [0.1, 0.15) is 15.9 Å². The lowest BCUT2D eigenvalue weighted by Crippen LogP contribution is -2.06. The molecule has 3 aromatic rings. The Bertz CT molecular complexity index is 994. The van der Waals surface area contributed by atoms with Crippen LogP contribution in [0.3, 0.4) is 0 Å². The molecule has 4 nitrogen and oxygen atoms in total. The SMILES string of the molecule is O=Cc1ccc(CS(=O)(=O)c2cccc3cccnc23)cc1Cl. The first-order valence-electron chi connectivity index (χ1n) is 6.81. The molecule has 0 unspecified atom stereocenters. The highest BCUT2D eigenvalue weighted by molar-refractivity contribution is 7.90. The lowest BCUT2D eigenvalue weighted by molar-refractivity contribution is 0.112. The van der Waals surface area contributed by atoms with Gasteiger partial charge in [-0.15, -0.1) is 0 Å². The van der Waals surface area contributed by atoms with E-state index in [-0.39, 0.29) is 15.7 Å². The number of para-hydroxylation sites is 1. The zero-order chi connectivity index (χ0) is 16.4. The first-order valence-corrected chi connectivity index (χ1v) is 8.84. The maximum Gasteiger partial charge on any atom is 0.184 e. The number of fused-ring (bicyclic) bond motifs is 1. The van der Waals surface area contributed by atoms with E-state index in [1.165, 1.54) is 12.1 Å². The molecular formula is C17H12ClNO3S. The number of carbonyl (C=O) groups excluding carboxylic acids is 1. The second kappa shape index (κ2) is 6.10. The summed E-state index contributed by atoms with van der Waals surface area (Å²) in [6.45, 7) is 0. The van der Waals surface area contributed by atoms with Crippen molar-refractivity contribution in [2.24, 2.45) is 0 Å². The predicted molar refractivity (Wildman–Crippen MR) is 89.5 cm³/mol. The van der Waals surface area contributed by atoms with Crippen molar-refractivity contribution in [2.45, 2.75) is 10.6 Å². The molecule has 0 atom stereocenters. The van der Waals surface area contributed by atoms with Crippen LogP contribution in [0.2, 0.25) is 5.02 Å². The van der Waals surface area contributed by atoms with Crippen molar-refractivity contribution in [1.82, 2.24) is 4.98 Å². The van der Waals surface area contributed by atoms with Gasteiger partial charge in [0, 0.05) is 17.1 Å². The molecule has 3 rings (SSSR count). The van der Waals surface area contributed by atoms with Crippen molar-refractivity contribution in [3.8, 4) is 0 Å². The Labute approximate surface area is 138 Å². The van der Waals surface area contributed by atoms with Crippen LogP contribution < -0.4 is 0 Å². The van der Waals surface area contributed by atoms with Crippen molar-refractivity contribution < 1.29 is 13.2 Å². The van der Waals surface area contributed by atoms with Gasteiger partial charge in [-0.05, 0) is 29.8 Å². The quantitative estimate of drug-likeness (QED) is 0.677. The highest BCUT2D eigenvalue weighted by Gasteiger charge is 2.19. The summed E-state index contributed by atoms with van der Waals surface area (Å²) in [4.78, 5) is 15.1. The fraction of sp³-hybridized carbons (Fsp3) is 0.0588. The third kappa shape index (κ3) is 3.11. The van der Waals surface area contributed by atoms with Gasteiger partial charge in [0.2, 0.25) is 0 Å². The molecule has 0 aliphatic rings. The lowest BCUT2D eigenvalue weighted by atomic mass is 10.2. The number of hydrogen-bond acceptors (Lipinski definition) is 4. The van der Waals surface area contributed by atoms with E-state index in [9.17, 15) is 13.2 Å². The first-order chi connectivity index (χ1) is 11.0. The minimum absolute atomic E-state index is 0.186. The molecule has 0 fully saturated rings. The van der Waals surface area contributed by atoms with E-state index in [0.717, 1.165) is 5.39 Å². The highest BCUT2D eigenvalue weighted by Crippen LogP contribution is 2.25. The smallest absolute Gasteiger partial charge is 0.184 e. The molecule has 23 heavy (non-hydrogen) atoms. The second-order valence-corrected chi connectivity index (χ2v) is 7.43. The summed E-state index contributed by atoms with van der Waals surface area (Å²) < 4.78 is 25.5. The van der Waals surface area contributed by atoms with Gasteiger partial charge in [0.1, 0.15) is 0 Å². The van der Waals surface area contributed by atoms with E-state index in [0.29, 0.717) is 22.9 Å². The van der Waals surface area contributed by atoms with E-state index in [1.807, 2.05) is 12.1 Å². The van der Waals surface area contributed by atoms with Gasteiger partial charge in [0.15, 0.2) is 16.1 Å². The molecule has 0 spiro atoms. The van der Waals surface area contributed by atoms with E-state index in [4.69, 9.17) is 11.6 Å². The topological polar surface area (TPSA) is 64.1 Å². The Balaban J connectivity index is 2.04. The summed E-state index contributed by atoms with van der Waals surface area (Å²) >= 11 is 5.96. The Hall–Kier alpha value is -2.24. The summed E-state index contributed by atoms with van der Waals surface area (Å²) in [5.41, 5.74) is 1.30. The Morgan fingerprint density at radius 1 is 1.09 bits per heavy atom. The van der Waals surface area contributed by atoms with Crippen molar-refractivity contribution in [3.05, 3.63) is 70.9 Å². The number of carbonyl (C=O) groups is 1. The minimum Gasteiger partial charge on any atom is -0.298 e. The number of pyridine rings is 1. The average Bonchev–Trinajstić information content (AvgIpc) is 2.54.